The minimum absolute atomic E-state index is 0.323. The number of carbonyl (C=O) groups is 1. The molecule has 3 rings (SSSR count). The predicted octanol–water partition coefficient (Wildman–Crippen LogP) is 3.55. The molecule has 3 aromatic rings. The van der Waals surface area contributed by atoms with Crippen LogP contribution in [0.15, 0.2) is 59.7 Å². The molecule has 0 aliphatic heterocycles. The Hall–Kier alpha value is -3.66. The minimum Gasteiger partial charge on any atom is -0.497 e. The first-order valence-electron chi connectivity index (χ1n) is 10.4. The number of benzene rings is 2. The molecule has 0 aliphatic rings. The van der Waals surface area contributed by atoms with Crippen LogP contribution in [0.25, 0.3) is 5.69 Å². The molecule has 8 nitrogen and oxygen atoms in total. The molecule has 10 heteroatoms. The number of hydrogen-bond donors (Lipinski definition) is 1. The highest BCUT2D eigenvalue weighted by Gasteiger charge is 2.29. The third kappa shape index (κ3) is 5.28. The smallest absolute Gasteiger partial charge is 0.263 e. The van der Waals surface area contributed by atoms with Crippen molar-refractivity contribution >= 4 is 27.8 Å². The van der Waals surface area contributed by atoms with Crippen LogP contribution in [0.1, 0.15) is 23.9 Å². The van der Waals surface area contributed by atoms with Crippen molar-refractivity contribution in [2.24, 2.45) is 5.10 Å². The number of amides is 1. The van der Waals surface area contributed by atoms with Crippen LogP contribution in [0.3, 0.4) is 0 Å². The summed E-state index contributed by atoms with van der Waals surface area (Å²) < 4.78 is 47.0. The van der Waals surface area contributed by atoms with Gasteiger partial charge in [0.15, 0.2) is 0 Å². The van der Waals surface area contributed by atoms with E-state index in [4.69, 9.17) is 4.74 Å². The monoisotopic (exact) mass is 486 g/mol. The number of carbonyl (C=O) groups excluding carboxylic acids is 1. The minimum atomic E-state index is -3.76. The Labute approximate surface area is 198 Å². The lowest BCUT2D eigenvalue weighted by Gasteiger charge is -2.27. The second-order valence-corrected chi connectivity index (χ2v) is 9.64. The van der Waals surface area contributed by atoms with Crippen LogP contribution in [-0.2, 0) is 14.8 Å². The van der Waals surface area contributed by atoms with Crippen molar-refractivity contribution in [1.29, 1.82) is 0 Å². The highest BCUT2D eigenvalue weighted by molar-refractivity contribution is 7.92. The molecule has 1 atom stereocenters. The van der Waals surface area contributed by atoms with Crippen LogP contribution in [0.5, 0.6) is 5.75 Å². The fourth-order valence-electron chi connectivity index (χ4n) is 3.72. The summed E-state index contributed by atoms with van der Waals surface area (Å²) in [7, 11) is -2.26. The predicted molar refractivity (Wildman–Crippen MR) is 131 cm³/mol. The van der Waals surface area contributed by atoms with Gasteiger partial charge in [0, 0.05) is 17.0 Å². The number of para-hydroxylation sites is 1. The van der Waals surface area contributed by atoms with Gasteiger partial charge in [-0.05, 0) is 63.2 Å². The number of aromatic nitrogens is 1. The maximum absolute atomic E-state index is 14.3. The molecule has 0 fully saturated rings. The van der Waals surface area contributed by atoms with Crippen LogP contribution in [-0.4, -0.2) is 44.5 Å². The normalized spacial score (nSPS) is 12.5. The molecule has 0 saturated heterocycles. The van der Waals surface area contributed by atoms with E-state index in [0.717, 1.165) is 21.9 Å². The Morgan fingerprint density at radius 3 is 2.41 bits per heavy atom. The highest BCUT2D eigenvalue weighted by Crippen LogP contribution is 2.24. The van der Waals surface area contributed by atoms with Gasteiger partial charge in [-0.15, -0.1) is 0 Å². The maximum Gasteiger partial charge on any atom is 0.263 e. The molecule has 0 aliphatic carbocycles. The number of nitrogens with zero attached hydrogens (tertiary/aromatic N) is 3. The molecule has 0 saturated carbocycles. The second kappa shape index (κ2) is 10.1. The molecular formula is C24H27FN4O4S. The number of halogens is 1. The molecule has 180 valence electrons. The molecular weight excluding hydrogens is 459 g/mol. The number of nitrogens with one attached hydrogen (secondary N) is 1. The third-order valence-corrected chi connectivity index (χ3v) is 6.60. The Kier molecular flexibility index (Phi) is 7.41. The summed E-state index contributed by atoms with van der Waals surface area (Å²) in [6.45, 7) is 5.14. The molecule has 34 heavy (non-hydrogen) atoms. The van der Waals surface area contributed by atoms with Gasteiger partial charge in [0.25, 0.3) is 5.91 Å². The van der Waals surface area contributed by atoms with Crippen LogP contribution in [0, 0.1) is 19.7 Å². The number of methoxy groups -OCH3 is 1. The maximum atomic E-state index is 14.3. The molecule has 1 heterocycles. The first-order chi connectivity index (χ1) is 16.0. The summed E-state index contributed by atoms with van der Waals surface area (Å²) in [6.07, 6.45) is 2.48. The van der Waals surface area contributed by atoms with Crippen molar-refractivity contribution in [3.63, 3.8) is 0 Å². The van der Waals surface area contributed by atoms with E-state index in [1.807, 2.05) is 19.9 Å². The van der Waals surface area contributed by atoms with E-state index in [9.17, 15) is 17.6 Å². The quantitative estimate of drug-likeness (QED) is 0.389. The van der Waals surface area contributed by atoms with Crippen LogP contribution in [0.2, 0.25) is 0 Å². The summed E-state index contributed by atoms with van der Waals surface area (Å²) in [6, 6.07) is 13.5. The molecule has 1 amide bonds. The molecule has 0 unspecified atom stereocenters. The average Bonchev–Trinajstić information content (AvgIpc) is 3.06. The topological polar surface area (TPSA) is 93.0 Å². The number of anilines is 1. The fraction of sp³-hybridized carbons (Fsp3) is 0.250. The summed E-state index contributed by atoms with van der Waals surface area (Å²) in [5.74, 6) is -0.401. The first-order valence-corrected chi connectivity index (χ1v) is 12.3. The summed E-state index contributed by atoms with van der Waals surface area (Å²) in [5, 5.41) is 4.01. The summed E-state index contributed by atoms with van der Waals surface area (Å²) in [4.78, 5) is 12.7. The third-order valence-electron chi connectivity index (χ3n) is 5.36. The van der Waals surface area contributed by atoms with Crippen molar-refractivity contribution in [3.05, 3.63) is 77.4 Å². The van der Waals surface area contributed by atoms with Gasteiger partial charge in [-0.1, -0.05) is 12.1 Å². The Morgan fingerprint density at radius 2 is 1.82 bits per heavy atom. The van der Waals surface area contributed by atoms with Gasteiger partial charge in [-0.25, -0.2) is 18.2 Å². The van der Waals surface area contributed by atoms with Gasteiger partial charge in [-0.2, -0.15) is 5.10 Å². The lowest BCUT2D eigenvalue weighted by Crippen LogP contribution is -2.46. The van der Waals surface area contributed by atoms with Gasteiger partial charge in [0.1, 0.15) is 17.6 Å². The lowest BCUT2D eigenvalue weighted by molar-refractivity contribution is -0.121. The Balaban J connectivity index is 1.79. The molecule has 0 spiro atoms. The van der Waals surface area contributed by atoms with Crippen LogP contribution in [0.4, 0.5) is 10.1 Å². The van der Waals surface area contributed by atoms with Crippen molar-refractivity contribution in [1.82, 2.24) is 9.99 Å². The van der Waals surface area contributed by atoms with E-state index < -0.39 is 22.0 Å². The van der Waals surface area contributed by atoms with Gasteiger partial charge >= 0.3 is 0 Å². The molecule has 0 radical (unpaired) electrons. The first kappa shape index (κ1) is 25.0. The number of rotatable bonds is 8. The van der Waals surface area contributed by atoms with Crippen LogP contribution >= 0.6 is 0 Å². The van der Waals surface area contributed by atoms with E-state index in [1.165, 1.54) is 26.3 Å². The van der Waals surface area contributed by atoms with E-state index >= 15 is 0 Å². The number of hydrazone groups is 1. The second-order valence-electron chi connectivity index (χ2n) is 7.78. The summed E-state index contributed by atoms with van der Waals surface area (Å²) in [5.41, 5.74) is 5.36. The largest absolute Gasteiger partial charge is 0.497 e. The zero-order valence-electron chi connectivity index (χ0n) is 19.6. The van der Waals surface area contributed by atoms with Crippen molar-refractivity contribution in [3.8, 4) is 11.4 Å². The SMILES string of the molecule is COc1ccc(N([C@H](C)C(=O)N/N=C\c2cc(C)n(-c3ccccc3F)c2C)S(C)(=O)=O)cc1. The Morgan fingerprint density at radius 1 is 1.18 bits per heavy atom. The number of ether oxygens (including phenoxy) is 1. The zero-order chi connectivity index (χ0) is 25.0. The van der Waals surface area contributed by atoms with E-state index in [0.29, 0.717) is 22.7 Å². The van der Waals surface area contributed by atoms with Gasteiger partial charge in [0.05, 0.1) is 31.0 Å². The van der Waals surface area contributed by atoms with Crippen molar-refractivity contribution in [2.75, 3.05) is 17.7 Å². The Bertz CT molecular complexity index is 1320. The molecule has 1 N–H and O–H groups in total. The van der Waals surface area contributed by atoms with Crippen molar-refractivity contribution in [2.45, 2.75) is 26.8 Å². The highest BCUT2D eigenvalue weighted by atomic mass is 32.2. The van der Waals surface area contributed by atoms with Crippen molar-refractivity contribution < 1.29 is 22.3 Å². The van der Waals surface area contributed by atoms with Gasteiger partial charge < -0.3 is 9.30 Å². The molecule has 1 aromatic heterocycles. The number of hydrogen-bond acceptors (Lipinski definition) is 5. The number of aryl methyl sites for hydroxylation is 1. The number of sulfonamides is 1. The fourth-order valence-corrected chi connectivity index (χ4v) is 4.89. The van der Waals surface area contributed by atoms with E-state index in [2.05, 4.69) is 10.5 Å². The van der Waals surface area contributed by atoms with Gasteiger partial charge in [0.2, 0.25) is 10.0 Å². The average molecular weight is 487 g/mol. The zero-order valence-corrected chi connectivity index (χ0v) is 20.4. The van der Waals surface area contributed by atoms with E-state index in [-0.39, 0.29) is 5.82 Å². The van der Waals surface area contributed by atoms with Gasteiger partial charge in [-0.3, -0.25) is 9.10 Å². The lowest BCUT2D eigenvalue weighted by atomic mass is 10.2. The summed E-state index contributed by atoms with van der Waals surface area (Å²) >= 11 is 0. The van der Waals surface area contributed by atoms with E-state index in [1.54, 1.807) is 47.0 Å². The van der Waals surface area contributed by atoms with Crippen LogP contribution < -0.4 is 14.5 Å². The standard InChI is InChI=1S/C24H27FN4O4S/c1-16-14-19(17(2)28(16)23-9-7-6-8-22(23)25)15-26-27-24(30)18(3)29(34(5,31)32)20-10-12-21(33-4)13-11-20/h6-15,18H,1-5H3,(H,27,30)/b26-15-/t18-/m1/s1. The molecule has 2 aromatic carbocycles. The molecule has 0 bridgehead atoms.